The fraction of sp³-hybridized carbons (Fsp3) is 1.00. The Labute approximate surface area is 335 Å². The fourth-order valence-corrected chi connectivity index (χ4v) is 0. The largest absolute Gasteiger partial charge is 0.0776 e. The molecule has 0 aromatic rings. The van der Waals surface area contributed by atoms with Crippen LogP contribution < -0.4 is 0 Å². The van der Waals surface area contributed by atoms with E-state index in [1.807, 2.05) is 277 Å². The Morgan fingerprint density at radius 2 is 0.0625 bits per heavy atom. The zero-order valence-electron chi connectivity index (χ0n) is 40.0. The fourth-order valence-electron chi connectivity index (χ4n) is 0. The molecule has 0 aliphatic carbocycles. The summed E-state index contributed by atoms with van der Waals surface area (Å²) in [6.07, 6.45) is 0. The predicted octanol–water partition coefficient (Wildman–Crippen LogP) is 25.6. The van der Waals surface area contributed by atoms with Crippen molar-refractivity contribution >= 4 is 0 Å². The first kappa shape index (κ1) is 265. The van der Waals surface area contributed by atoms with Gasteiger partial charge in [0.25, 0.3) is 0 Å². The van der Waals surface area contributed by atoms with E-state index in [0.29, 0.717) is 0 Å². The highest BCUT2D eigenvalue weighted by Crippen LogP contribution is 1.18. The molecule has 0 aliphatic rings. The summed E-state index contributed by atoms with van der Waals surface area (Å²) in [5.41, 5.74) is 0. The molecule has 0 unspecified atom stereocenters. The van der Waals surface area contributed by atoms with Gasteiger partial charge in [0.05, 0.1) is 0 Å². The third-order valence-electron chi connectivity index (χ3n) is 0. The van der Waals surface area contributed by atoms with Crippen LogP contribution in [0.2, 0.25) is 0 Å². The molecule has 0 N–H and O–H groups in total. The number of hydrogen-bond donors (Lipinski definition) is 0. The molecule has 0 aromatic carbocycles. The van der Waals surface area contributed by atoms with Crippen LogP contribution in [0.15, 0.2) is 0 Å². The Bertz CT molecular complexity index is 0. The van der Waals surface area contributed by atoms with Crippen LogP contribution in [0.1, 0.15) is 336 Å². The first-order chi connectivity index (χ1) is 20.0. The molecule has 0 heterocycles. The molecule has 48 heavy (non-hydrogen) atoms. The van der Waals surface area contributed by atoms with Gasteiger partial charge in [-0.1, -0.05) is 336 Å². The summed E-state index contributed by atoms with van der Waals surface area (Å²) < 4.78 is 0. The second-order valence-corrected chi connectivity index (χ2v) is 0. The van der Waals surface area contributed by atoms with Crippen LogP contribution in [0, 0.1) is 0 Å². The minimum absolute atomic E-state index is 0. The van der Waals surface area contributed by atoms with Crippen LogP contribution >= 0.6 is 0 Å². The zero-order valence-corrected chi connectivity index (χ0v) is 40.0. The van der Waals surface area contributed by atoms with E-state index in [0.717, 1.165) is 0 Å². The van der Waals surface area contributed by atoms with Crippen LogP contribution in [-0.4, -0.2) is 0 Å². The average molecular weight is 730 g/mol. The van der Waals surface area contributed by atoms with Gasteiger partial charge in [0, 0.05) is 0 Å². The van der Waals surface area contributed by atoms with Gasteiger partial charge < -0.3 is 0 Å². The quantitative estimate of drug-likeness (QED) is 0.233. The molecule has 0 spiro atoms. The Morgan fingerprint density at radius 3 is 0.0625 bits per heavy atom. The van der Waals surface area contributed by atoms with Gasteiger partial charge in [-0.15, -0.1) is 0 Å². The highest BCUT2D eigenvalue weighted by molar-refractivity contribution is 3.54. The maximum absolute atomic E-state index is 2.00. The van der Waals surface area contributed by atoms with Crippen LogP contribution in [-0.2, 0) is 0 Å². The third-order valence-corrected chi connectivity index (χ3v) is 0. The molecule has 0 atom stereocenters. The van der Waals surface area contributed by atoms with Crippen LogP contribution in [0.5, 0.6) is 0 Å². The predicted molar refractivity (Wildman–Crippen MR) is 281 cm³/mol. The average Bonchev–Trinajstić information content (AvgIpc) is 3.21. The van der Waals surface area contributed by atoms with Gasteiger partial charge in [-0.2, -0.15) is 0 Å². The Kier molecular flexibility index (Phi) is 0. The summed E-state index contributed by atoms with van der Waals surface area (Å²) in [6, 6.07) is 0. The van der Waals surface area contributed by atoms with Crippen molar-refractivity contribution in [1.82, 2.24) is 0 Å². The van der Waals surface area contributed by atoms with E-state index >= 15 is 0 Å². The van der Waals surface area contributed by atoms with Gasteiger partial charge in [0.2, 0.25) is 0 Å². The molecule has 0 saturated carbocycles. The molecule has 0 rings (SSSR count). The van der Waals surface area contributed by atoms with Crippen molar-refractivity contribution in [3.05, 3.63) is 0 Å². The van der Waals surface area contributed by atoms with Crippen LogP contribution in [0.3, 0.4) is 0 Å². The first-order valence-corrected chi connectivity index (χ1v) is 20.0. The second-order valence-electron chi connectivity index (χ2n) is 0. The van der Waals surface area contributed by atoms with Crippen molar-refractivity contribution < 1.29 is 0 Å². The summed E-state index contributed by atoms with van der Waals surface area (Å²) in [5.74, 6) is 0. The van der Waals surface area contributed by atoms with E-state index < -0.39 is 0 Å². The molecule has 0 fully saturated rings. The molecule has 0 heteroatoms. The van der Waals surface area contributed by atoms with Crippen molar-refractivity contribution in [1.29, 1.82) is 0 Å². The minimum Gasteiger partial charge on any atom is -0.0776 e. The van der Waals surface area contributed by atoms with Gasteiger partial charge in [0.15, 0.2) is 0 Å². The van der Waals surface area contributed by atoms with Crippen molar-refractivity contribution in [2.45, 2.75) is 336 Å². The monoisotopic (exact) mass is 729 g/mol. The maximum atomic E-state index is 2.00. The summed E-state index contributed by atoms with van der Waals surface area (Å²) in [5, 5.41) is 0. The van der Waals surface area contributed by atoms with E-state index in [9.17, 15) is 0 Å². The Morgan fingerprint density at radius 1 is 0.0625 bits per heavy atom. The lowest BCUT2D eigenvalue weighted by molar-refractivity contribution is 1.50. The van der Waals surface area contributed by atoms with Crippen molar-refractivity contribution in [3.63, 3.8) is 0 Å². The second kappa shape index (κ2) is 0. The molecule has 0 amide bonds. The molecule has 344 valence electrons. The van der Waals surface area contributed by atoms with Gasteiger partial charge in [-0.25, -0.2) is 0 Å². The summed E-state index contributed by atoms with van der Waals surface area (Å²) >= 11 is 0. The molecule has 0 aromatic heterocycles. The van der Waals surface area contributed by atoms with E-state index in [1.165, 1.54) is 0 Å². The van der Waals surface area contributed by atoms with Gasteiger partial charge in [-0.3, -0.25) is 0 Å². The molecule has 0 aliphatic heterocycles. The summed E-state index contributed by atoms with van der Waals surface area (Å²) in [7, 11) is 0. The molecular formula is C48H152. The van der Waals surface area contributed by atoms with E-state index in [-0.39, 0.29) is 59.4 Å². The van der Waals surface area contributed by atoms with Gasteiger partial charge in [-0.05, 0) is 0 Å². The van der Waals surface area contributed by atoms with Gasteiger partial charge in [0.1, 0.15) is 0 Å². The summed E-state index contributed by atoms with van der Waals surface area (Å²) in [4.78, 5) is 0. The maximum Gasteiger partial charge on any atom is -0.0683 e. The molecular weight excluding hydrogens is 577 g/mol. The topological polar surface area (TPSA) is 0 Å². The highest BCUT2D eigenvalue weighted by Gasteiger charge is 0.970. The SMILES string of the molecule is C.C.C.C.C.C.C.C.CC.CC.CC.CC.CC.CC.CC.CC.CC.CC.CC.CC.CC.CC.CC.CC.CC.CC.CC.CC. The lowest BCUT2D eigenvalue weighted by Gasteiger charge is -1.07. The van der Waals surface area contributed by atoms with Crippen molar-refractivity contribution in [3.8, 4) is 0 Å². The minimum atomic E-state index is 0. The molecule has 0 nitrogen and oxygen atoms in total. The smallest absolute Gasteiger partial charge is 0.0683 e. The molecule has 0 saturated heterocycles. The molecule has 0 bridgehead atoms. The van der Waals surface area contributed by atoms with E-state index in [2.05, 4.69) is 0 Å². The van der Waals surface area contributed by atoms with E-state index in [1.54, 1.807) is 0 Å². The Balaban J connectivity index is -0.00000000334. The highest BCUT2D eigenvalue weighted by atomic mass is 13.0. The Hall–Kier alpha value is 0. The summed E-state index contributed by atoms with van der Waals surface area (Å²) in [6.45, 7) is 80.0. The standard InChI is InChI=1S/20C2H6.8CH4/c20*1-2;;;;;;;;/h20*1-2H3;8*1H4. The van der Waals surface area contributed by atoms with Crippen molar-refractivity contribution in [2.75, 3.05) is 0 Å². The first-order valence-electron chi connectivity index (χ1n) is 20.0. The lowest BCUT2D eigenvalue weighted by atomic mass is 11.0. The zero-order chi connectivity index (χ0) is 40.0. The lowest BCUT2D eigenvalue weighted by Crippen LogP contribution is -0.856. The normalized spacial score (nSPS) is 2.50. The number of rotatable bonds is 0. The third kappa shape index (κ3) is 0. The van der Waals surface area contributed by atoms with Crippen molar-refractivity contribution in [2.24, 2.45) is 0 Å². The van der Waals surface area contributed by atoms with Crippen LogP contribution in [0.4, 0.5) is 0 Å². The molecule has 0 radical (unpaired) electrons. The van der Waals surface area contributed by atoms with E-state index in [4.69, 9.17) is 0 Å². The van der Waals surface area contributed by atoms with Crippen LogP contribution in [0.25, 0.3) is 0 Å². The van der Waals surface area contributed by atoms with Gasteiger partial charge >= 0.3 is 0 Å². The number of hydrogen-bond acceptors (Lipinski definition) is 0.